The van der Waals surface area contributed by atoms with Crippen molar-refractivity contribution in [2.45, 2.75) is 27.3 Å². The predicted molar refractivity (Wildman–Crippen MR) is 84.7 cm³/mol. The number of aromatic nitrogens is 3. The highest BCUT2D eigenvalue weighted by Gasteiger charge is 2.16. The van der Waals surface area contributed by atoms with Gasteiger partial charge < -0.3 is 11.5 Å². The molecule has 0 fully saturated rings. The summed E-state index contributed by atoms with van der Waals surface area (Å²) in [5, 5.41) is 1.45. The van der Waals surface area contributed by atoms with Crippen LogP contribution < -0.4 is 22.3 Å². The third kappa shape index (κ3) is 2.98. The van der Waals surface area contributed by atoms with Crippen molar-refractivity contribution in [3.63, 3.8) is 0 Å². The quantitative estimate of drug-likeness (QED) is 0.446. The third-order valence-corrected chi connectivity index (χ3v) is 3.78. The minimum absolute atomic E-state index is 0.0180. The first-order chi connectivity index (χ1) is 9.81. The van der Waals surface area contributed by atoms with Crippen molar-refractivity contribution in [2.24, 2.45) is 5.84 Å². The molecular weight excluding hydrogens is 290 g/mol. The predicted octanol–water partition coefficient (Wildman–Crippen LogP) is 1.49. The Morgan fingerprint density at radius 3 is 2.48 bits per heavy atom. The molecule has 0 saturated heterocycles. The summed E-state index contributed by atoms with van der Waals surface area (Å²) >= 11 is 5.89. The number of halogens is 1. The Kier molecular flexibility index (Phi) is 4.15. The molecular formula is C13H18ClN7. The van der Waals surface area contributed by atoms with Crippen LogP contribution in [0.5, 0.6) is 0 Å². The van der Waals surface area contributed by atoms with E-state index in [9.17, 15) is 0 Å². The number of hydrogen-bond acceptors (Lipinski definition) is 7. The van der Waals surface area contributed by atoms with Crippen LogP contribution in [-0.4, -0.2) is 15.0 Å². The second kappa shape index (κ2) is 5.71. The minimum Gasteiger partial charge on any atom is -0.393 e. The minimum atomic E-state index is 0.0180. The Morgan fingerprint density at radius 1 is 1.14 bits per heavy atom. The van der Waals surface area contributed by atoms with Gasteiger partial charge in [-0.3, -0.25) is 9.99 Å². The molecule has 0 radical (unpaired) electrons. The molecule has 0 spiro atoms. The number of aryl methyl sites for hydroxylation is 1. The molecule has 2 heterocycles. The summed E-state index contributed by atoms with van der Waals surface area (Å²) in [6, 6.07) is 0. The summed E-state index contributed by atoms with van der Waals surface area (Å²) < 4.78 is 0. The van der Waals surface area contributed by atoms with Crippen molar-refractivity contribution in [3.8, 4) is 0 Å². The maximum absolute atomic E-state index is 6.03. The molecule has 21 heavy (non-hydrogen) atoms. The summed E-state index contributed by atoms with van der Waals surface area (Å²) in [5.41, 5.74) is 15.8. The number of nitrogen functional groups attached to an aromatic ring is 2. The van der Waals surface area contributed by atoms with Crippen molar-refractivity contribution < 1.29 is 0 Å². The molecule has 7 nitrogen and oxygen atoms in total. The van der Waals surface area contributed by atoms with Crippen LogP contribution in [0.1, 0.15) is 22.4 Å². The fourth-order valence-corrected chi connectivity index (χ4v) is 2.11. The van der Waals surface area contributed by atoms with Crippen LogP contribution in [0.3, 0.4) is 0 Å². The number of nitrogens with zero attached hydrogens (tertiary/aromatic N) is 4. The molecule has 8 heteroatoms. The molecule has 0 aliphatic heterocycles. The smallest absolute Gasteiger partial charge is 0.223 e. The van der Waals surface area contributed by atoms with E-state index >= 15 is 0 Å². The number of rotatable bonds is 3. The van der Waals surface area contributed by atoms with Crippen LogP contribution in [0.2, 0.25) is 5.15 Å². The first kappa shape index (κ1) is 15.3. The maximum Gasteiger partial charge on any atom is 0.223 e. The zero-order valence-corrected chi connectivity index (χ0v) is 12.9. The summed E-state index contributed by atoms with van der Waals surface area (Å²) in [4.78, 5) is 12.2. The molecule has 112 valence electrons. The molecule has 0 aliphatic carbocycles. The van der Waals surface area contributed by atoms with Crippen molar-refractivity contribution in [2.75, 3.05) is 16.5 Å². The van der Waals surface area contributed by atoms with E-state index in [1.165, 1.54) is 10.6 Å². The zero-order valence-electron chi connectivity index (χ0n) is 12.2. The molecule has 0 bridgehead atoms. The molecule has 2 aromatic rings. The number of anilines is 3. The van der Waals surface area contributed by atoms with E-state index in [2.05, 4.69) is 15.0 Å². The Morgan fingerprint density at radius 2 is 1.81 bits per heavy atom. The molecule has 0 saturated carbocycles. The molecule has 6 N–H and O–H groups in total. The van der Waals surface area contributed by atoms with Gasteiger partial charge >= 0.3 is 0 Å². The van der Waals surface area contributed by atoms with Gasteiger partial charge in [0.1, 0.15) is 5.69 Å². The van der Waals surface area contributed by atoms with Gasteiger partial charge in [-0.25, -0.2) is 5.84 Å². The molecule has 0 aromatic carbocycles. The van der Waals surface area contributed by atoms with Gasteiger partial charge in [-0.05, 0) is 37.5 Å². The number of nitrogens with two attached hydrogens (primary N) is 3. The molecule has 2 aromatic heterocycles. The Bertz CT molecular complexity index is 687. The van der Waals surface area contributed by atoms with E-state index in [4.69, 9.17) is 28.9 Å². The zero-order chi connectivity index (χ0) is 15.7. The highest BCUT2D eigenvalue weighted by atomic mass is 35.5. The second-order valence-corrected chi connectivity index (χ2v) is 5.23. The Balaban J connectivity index is 2.35. The van der Waals surface area contributed by atoms with E-state index in [-0.39, 0.29) is 22.6 Å². The second-order valence-electron chi connectivity index (χ2n) is 4.88. The van der Waals surface area contributed by atoms with Gasteiger partial charge in [0.15, 0.2) is 11.0 Å². The van der Waals surface area contributed by atoms with E-state index in [1.807, 2.05) is 27.0 Å². The lowest BCUT2D eigenvalue weighted by molar-refractivity contribution is 0.799. The van der Waals surface area contributed by atoms with E-state index in [0.717, 1.165) is 16.8 Å². The van der Waals surface area contributed by atoms with Crippen molar-refractivity contribution >= 4 is 29.1 Å². The van der Waals surface area contributed by atoms with Crippen molar-refractivity contribution in [1.29, 1.82) is 0 Å². The summed E-state index contributed by atoms with van der Waals surface area (Å²) in [5.74, 6) is 6.33. The molecule has 0 unspecified atom stereocenters. The van der Waals surface area contributed by atoms with Gasteiger partial charge in [0.05, 0.1) is 12.2 Å². The first-order valence-corrected chi connectivity index (χ1v) is 6.71. The number of hydrazine groups is 1. The van der Waals surface area contributed by atoms with Gasteiger partial charge in [-0.2, -0.15) is 9.97 Å². The Hall–Kier alpha value is -2.12. The average Bonchev–Trinajstić information content (AvgIpc) is 2.43. The van der Waals surface area contributed by atoms with E-state index < -0.39 is 0 Å². The largest absolute Gasteiger partial charge is 0.393 e. The lowest BCUT2D eigenvalue weighted by Crippen LogP contribution is -2.33. The summed E-state index contributed by atoms with van der Waals surface area (Å²) in [6.45, 7) is 6.40. The average molecular weight is 308 g/mol. The molecule has 0 aliphatic rings. The molecule has 2 rings (SSSR count). The third-order valence-electron chi connectivity index (χ3n) is 3.49. The fourth-order valence-electron chi connectivity index (χ4n) is 1.94. The fraction of sp³-hybridized carbons (Fsp3) is 0.308. The monoisotopic (exact) mass is 307 g/mol. The van der Waals surface area contributed by atoms with Crippen molar-refractivity contribution in [3.05, 3.63) is 33.7 Å². The number of pyridine rings is 1. The van der Waals surface area contributed by atoms with Crippen molar-refractivity contribution in [1.82, 2.24) is 15.0 Å². The van der Waals surface area contributed by atoms with Gasteiger partial charge in [0.2, 0.25) is 5.95 Å². The first-order valence-electron chi connectivity index (χ1n) is 6.33. The maximum atomic E-state index is 6.03. The number of hydrogen-bond donors (Lipinski definition) is 3. The lowest BCUT2D eigenvalue weighted by Gasteiger charge is -2.21. The van der Waals surface area contributed by atoms with Crippen LogP contribution in [0.15, 0.2) is 6.20 Å². The molecule has 0 atom stereocenters. The molecule has 0 amide bonds. The normalized spacial score (nSPS) is 10.7. The highest BCUT2D eigenvalue weighted by Crippen LogP contribution is 2.27. The standard InChI is InChI=1S/C13H18ClN7/c1-6-4-18-9(8(3)7(6)2)5-21(17)12-10(15)11(14)19-13(16)20-12/h4H,5,15,17H2,1-3H3,(H2,16,19,20). The van der Waals surface area contributed by atoms with Crippen LogP contribution in [0.25, 0.3) is 0 Å². The highest BCUT2D eigenvalue weighted by molar-refractivity contribution is 6.32. The van der Waals surface area contributed by atoms with Gasteiger partial charge in [0.25, 0.3) is 0 Å². The topological polar surface area (TPSA) is 120 Å². The lowest BCUT2D eigenvalue weighted by atomic mass is 10.0. The van der Waals surface area contributed by atoms with E-state index in [0.29, 0.717) is 6.54 Å². The van der Waals surface area contributed by atoms with Gasteiger partial charge in [-0.1, -0.05) is 11.6 Å². The van der Waals surface area contributed by atoms with Crippen LogP contribution in [-0.2, 0) is 6.54 Å². The van der Waals surface area contributed by atoms with E-state index in [1.54, 1.807) is 0 Å². The summed E-state index contributed by atoms with van der Waals surface area (Å²) in [7, 11) is 0. The summed E-state index contributed by atoms with van der Waals surface area (Å²) in [6.07, 6.45) is 1.82. The Labute approximate surface area is 128 Å². The van der Waals surface area contributed by atoms with Gasteiger partial charge in [-0.15, -0.1) is 0 Å². The SMILES string of the molecule is Cc1cnc(CN(N)c2nc(N)nc(Cl)c2N)c(C)c1C. The van der Waals surface area contributed by atoms with Gasteiger partial charge in [0, 0.05) is 6.20 Å². The van der Waals surface area contributed by atoms with Crippen LogP contribution in [0, 0.1) is 20.8 Å². The van der Waals surface area contributed by atoms with Crippen LogP contribution in [0.4, 0.5) is 17.5 Å². The van der Waals surface area contributed by atoms with Crippen LogP contribution >= 0.6 is 11.6 Å².